The van der Waals surface area contributed by atoms with Gasteiger partial charge in [-0.25, -0.2) is 0 Å². The summed E-state index contributed by atoms with van der Waals surface area (Å²) in [4.78, 5) is 4.36. The molecular weight excluding hydrogens is 518 g/mol. The van der Waals surface area contributed by atoms with Gasteiger partial charge in [-0.15, -0.1) is 0 Å². The van der Waals surface area contributed by atoms with Gasteiger partial charge in [0.2, 0.25) is 0 Å². The second kappa shape index (κ2) is 11.0. The van der Waals surface area contributed by atoms with E-state index in [1.54, 1.807) is 0 Å². The second-order valence-corrected chi connectivity index (χ2v) is 12.6. The maximum atomic E-state index is 4.36. The number of fused-ring (bicyclic) bond motifs is 3. The Morgan fingerprint density at radius 3 is 2.21 bits per heavy atom. The molecule has 0 bridgehead atoms. The molecule has 0 fully saturated rings. The van der Waals surface area contributed by atoms with Gasteiger partial charge in [0, 0.05) is 24.2 Å². The summed E-state index contributed by atoms with van der Waals surface area (Å²) in [5.41, 5.74) is 15.7. The van der Waals surface area contributed by atoms with E-state index in [9.17, 15) is 0 Å². The van der Waals surface area contributed by atoms with Crippen molar-refractivity contribution in [2.45, 2.75) is 45.4 Å². The number of allylic oxidation sites excluding steroid dienone is 13. The van der Waals surface area contributed by atoms with E-state index in [1.165, 1.54) is 71.7 Å². The van der Waals surface area contributed by atoms with E-state index in [-0.39, 0.29) is 0 Å². The largest absolute Gasteiger partial charge is 0.264 e. The van der Waals surface area contributed by atoms with Crippen LogP contribution < -0.4 is 10.4 Å². The quantitative estimate of drug-likeness (QED) is 0.314. The van der Waals surface area contributed by atoms with Gasteiger partial charge < -0.3 is 0 Å². The lowest BCUT2D eigenvalue weighted by Crippen LogP contribution is -2.40. The van der Waals surface area contributed by atoms with Crippen molar-refractivity contribution >= 4 is 28.4 Å². The average Bonchev–Trinajstić information content (AvgIpc) is 3.07. The van der Waals surface area contributed by atoms with Crippen LogP contribution in [0, 0.1) is 11.8 Å². The molecular formula is C42H37N. The summed E-state index contributed by atoms with van der Waals surface area (Å²) in [6.07, 6.45) is 31.9. The van der Waals surface area contributed by atoms with Gasteiger partial charge in [0.25, 0.3) is 0 Å². The van der Waals surface area contributed by atoms with Crippen LogP contribution >= 0.6 is 0 Å². The molecule has 1 heterocycles. The molecule has 0 N–H and O–H groups in total. The fourth-order valence-corrected chi connectivity index (χ4v) is 7.77. The predicted molar refractivity (Wildman–Crippen MR) is 181 cm³/mol. The molecule has 3 aromatic rings. The highest BCUT2D eigenvalue weighted by Gasteiger charge is 2.33. The fourth-order valence-electron chi connectivity index (χ4n) is 7.77. The van der Waals surface area contributed by atoms with Crippen molar-refractivity contribution in [3.8, 4) is 0 Å². The van der Waals surface area contributed by atoms with E-state index in [4.69, 9.17) is 0 Å². The molecule has 2 unspecified atom stereocenters. The molecule has 0 saturated heterocycles. The van der Waals surface area contributed by atoms with E-state index in [0.717, 1.165) is 38.5 Å². The zero-order valence-corrected chi connectivity index (χ0v) is 24.9. The van der Waals surface area contributed by atoms with Gasteiger partial charge in [-0.3, -0.25) is 4.98 Å². The molecule has 43 heavy (non-hydrogen) atoms. The highest BCUT2D eigenvalue weighted by atomic mass is 14.6. The Hall–Kier alpha value is -4.49. The summed E-state index contributed by atoms with van der Waals surface area (Å²) < 4.78 is 0. The van der Waals surface area contributed by atoms with Gasteiger partial charge in [-0.2, -0.15) is 0 Å². The smallest absolute Gasteiger partial charge is 0.0343 e. The van der Waals surface area contributed by atoms with E-state index in [2.05, 4.69) is 115 Å². The molecule has 1 nitrogen and oxygen atoms in total. The van der Waals surface area contributed by atoms with Gasteiger partial charge in [0.05, 0.1) is 0 Å². The van der Waals surface area contributed by atoms with E-state index < -0.39 is 0 Å². The third kappa shape index (κ3) is 4.78. The van der Waals surface area contributed by atoms with Crippen LogP contribution in [0.2, 0.25) is 0 Å². The Bertz CT molecular complexity index is 1970. The van der Waals surface area contributed by atoms with Crippen molar-refractivity contribution in [2.75, 3.05) is 0 Å². The highest BCUT2D eigenvalue weighted by molar-refractivity contribution is 5.88. The predicted octanol–water partition coefficient (Wildman–Crippen LogP) is 8.71. The van der Waals surface area contributed by atoms with Crippen LogP contribution in [0.4, 0.5) is 0 Å². The van der Waals surface area contributed by atoms with Crippen molar-refractivity contribution in [2.24, 2.45) is 11.8 Å². The zero-order chi connectivity index (χ0) is 28.8. The van der Waals surface area contributed by atoms with Gasteiger partial charge in [0.1, 0.15) is 0 Å². The molecule has 2 atom stereocenters. The first-order valence-electron chi connectivity index (χ1n) is 15.9. The maximum absolute atomic E-state index is 4.36. The summed E-state index contributed by atoms with van der Waals surface area (Å²) in [6.45, 7) is 2.25. The van der Waals surface area contributed by atoms with Crippen molar-refractivity contribution in [3.05, 3.63) is 165 Å². The number of hydrogen-bond acceptors (Lipinski definition) is 1. The summed E-state index contributed by atoms with van der Waals surface area (Å²) >= 11 is 0. The first kappa shape index (κ1) is 26.2. The number of hydrogen-bond donors (Lipinski definition) is 0. The van der Waals surface area contributed by atoms with E-state index in [1.807, 2.05) is 18.5 Å². The minimum Gasteiger partial charge on any atom is -0.264 e. The van der Waals surface area contributed by atoms with Crippen LogP contribution in [0.3, 0.4) is 0 Å². The Labute approximate surface area is 255 Å². The van der Waals surface area contributed by atoms with Crippen LogP contribution in [0.25, 0.3) is 28.4 Å². The summed E-state index contributed by atoms with van der Waals surface area (Å²) in [5, 5.41) is 2.86. The first-order chi connectivity index (χ1) is 21.2. The lowest BCUT2D eigenvalue weighted by atomic mass is 9.67. The van der Waals surface area contributed by atoms with Crippen molar-refractivity contribution in [1.29, 1.82) is 0 Å². The molecule has 0 aliphatic heterocycles. The molecule has 0 amide bonds. The number of nitrogens with zero attached hydrogens (tertiary/aromatic N) is 1. The van der Waals surface area contributed by atoms with Crippen molar-refractivity contribution in [1.82, 2.24) is 4.98 Å². The Morgan fingerprint density at radius 1 is 0.674 bits per heavy atom. The first-order valence-corrected chi connectivity index (χ1v) is 15.9. The van der Waals surface area contributed by atoms with Crippen LogP contribution in [0.1, 0.15) is 61.3 Å². The van der Waals surface area contributed by atoms with Gasteiger partial charge in [-0.1, -0.05) is 103 Å². The van der Waals surface area contributed by atoms with E-state index in [0.29, 0.717) is 11.8 Å². The molecule has 1 aromatic heterocycles. The average molecular weight is 556 g/mol. The minimum atomic E-state index is 0.366. The highest BCUT2D eigenvalue weighted by Crippen LogP contribution is 2.44. The Balaban J connectivity index is 1.25. The molecule has 1 heteroatoms. The Kier molecular flexibility index (Phi) is 6.67. The minimum absolute atomic E-state index is 0.366. The molecule has 2 aromatic carbocycles. The standard InChI is InChI=1S/C42H37N/c1-28-15-17-30(18-16-28)41-37-11-2-4-13-39(37)42(40-14-5-3-12-38(40)41)34-22-20-29-19-21-33(25-36(29)26-34)31-8-6-9-32(24-31)35-10-7-23-43-27-35/h2-5,7-8,10-15,17,19,21,23-27,37,39H,6,9,16,18,20,22H2,1H3. The van der Waals surface area contributed by atoms with Gasteiger partial charge in [-0.05, 0) is 124 Å². The second-order valence-electron chi connectivity index (χ2n) is 12.6. The SMILES string of the molecule is CC1=CC=C(C2=c3ccccc3=C(C3=Cc4cc(C5=CCCC(c6cccnc6)=C5)ccc4CC3)C3C=CC=CC23)CC1. The third-order valence-corrected chi connectivity index (χ3v) is 9.97. The molecule has 5 aliphatic carbocycles. The number of pyridine rings is 1. The monoisotopic (exact) mass is 555 g/mol. The normalized spacial score (nSPS) is 22.4. The van der Waals surface area contributed by atoms with Crippen LogP contribution in [-0.4, -0.2) is 4.98 Å². The number of aryl methyl sites for hydroxylation is 1. The topological polar surface area (TPSA) is 12.9 Å². The molecule has 210 valence electrons. The van der Waals surface area contributed by atoms with Crippen LogP contribution in [0.15, 0.2) is 132 Å². The summed E-state index contributed by atoms with van der Waals surface area (Å²) in [5.74, 6) is 0.745. The lowest BCUT2D eigenvalue weighted by Gasteiger charge is -2.36. The van der Waals surface area contributed by atoms with Crippen molar-refractivity contribution < 1.29 is 0 Å². The molecule has 0 spiro atoms. The number of aromatic nitrogens is 1. The lowest BCUT2D eigenvalue weighted by molar-refractivity contribution is 0.672. The zero-order valence-electron chi connectivity index (χ0n) is 24.9. The maximum Gasteiger partial charge on any atom is 0.0343 e. The summed E-state index contributed by atoms with van der Waals surface area (Å²) in [7, 11) is 0. The van der Waals surface area contributed by atoms with Crippen molar-refractivity contribution in [3.63, 3.8) is 0 Å². The molecule has 5 aliphatic rings. The van der Waals surface area contributed by atoms with Gasteiger partial charge in [0.15, 0.2) is 0 Å². The summed E-state index contributed by atoms with van der Waals surface area (Å²) in [6, 6.07) is 20.6. The van der Waals surface area contributed by atoms with Crippen LogP contribution in [-0.2, 0) is 6.42 Å². The molecule has 0 radical (unpaired) electrons. The molecule has 8 rings (SSSR count). The fraction of sp³-hybridized carbons (Fsp3) is 0.214. The third-order valence-electron chi connectivity index (χ3n) is 9.97. The van der Waals surface area contributed by atoms with E-state index >= 15 is 0 Å². The number of benzene rings is 2. The van der Waals surface area contributed by atoms with Gasteiger partial charge >= 0.3 is 0 Å². The van der Waals surface area contributed by atoms with Crippen LogP contribution in [0.5, 0.6) is 0 Å². The Morgan fingerprint density at radius 2 is 1.47 bits per heavy atom. The number of rotatable bonds is 4. The molecule has 0 saturated carbocycles.